The first-order valence-electron chi connectivity index (χ1n) is 3.79. The third-order valence-electron chi connectivity index (χ3n) is 2.40. The van der Waals surface area contributed by atoms with E-state index in [1.807, 2.05) is 0 Å². The third kappa shape index (κ3) is 0.970. The number of nitrogens with one attached hydrogen (secondary N) is 1. The van der Waals surface area contributed by atoms with Gasteiger partial charge >= 0.3 is 0 Å². The van der Waals surface area contributed by atoms with Gasteiger partial charge in [-0.15, -0.1) is 0 Å². The lowest BCUT2D eigenvalue weighted by Crippen LogP contribution is -2.49. The van der Waals surface area contributed by atoms with Gasteiger partial charge in [-0.2, -0.15) is 0 Å². The quantitative estimate of drug-likeness (QED) is 0.493. The molecule has 9 heavy (non-hydrogen) atoms. The number of nitrogens with zero attached hydrogens (tertiary/aromatic N) is 1. The molecule has 0 aromatic heterocycles. The lowest BCUT2D eigenvalue weighted by molar-refractivity contribution is 0.235. The number of rotatable bonds is 0. The largest absolute Gasteiger partial charge is 0.309 e. The van der Waals surface area contributed by atoms with Crippen molar-refractivity contribution in [2.75, 3.05) is 20.1 Å². The van der Waals surface area contributed by atoms with E-state index in [2.05, 4.69) is 17.3 Å². The lowest BCUT2D eigenvalue weighted by Gasteiger charge is -2.29. The molecule has 2 heterocycles. The molecule has 0 aromatic rings. The van der Waals surface area contributed by atoms with Crippen LogP contribution in [0.1, 0.15) is 12.8 Å². The van der Waals surface area contributed by atoms with Crippen molar-refractivity contribution < 1.29 is 0 Å². The fraction of sp³-hybridized carbons (Fsp3) is 1.00. The molecule has 2 bridgehead atoms. The molecule has 2 aliphatic rings. The van der Waals surface area contributed by atoms with Crippen LogP contribution in [-0.2, 0) is 0 Å². The Kier molecular flexibility index (Phi) is 1.24. The van der Waals surface area contributed by atoms with Gasteiger partial charge in [-0.25, -0.2) is 0 Å². The molecule has 0 spiro atoms. The second kappa shape index (κ2) is 1.96. The predicted octanol–water partition coefficient (Wildman–Crippen LogP) is 0.0524. The number of fused-ring (bicyclic) bond motifs is 2. The van der Waals surface area contributed by atoms with Gasteiger partial charge in [0.2, 0.25) is 0 Å². The first-order valence-corrected chi connectivity index (χ1v) is 3.79. The van der Waals surface area contributed by atoms with Crippen LogP contribution in [0, 0.1) is 0 Å². The van der Waals surface area contributed by atoms with Crippen molar-refractivity contribution in [2.45, 2.75) is 24.9 Å². The average Bonchev–Trinajstić information content (AvgIpc) is 2.11. The zero-order valence-electron chi connectivity index (χ0n) is 5.93. The van der Waals surface area contributed by atoms with Gasteiger partial charge in [0.1, 0.15) is 0 Å². The Morgan fingerprint density at radius 3 is 2.33 bits per heavy atom. The minimum absolute atomic E-state index is 0.814. The van der Waals surface area contributed by atoms with Crippen LogP contribution < -0.4 is 5.32 Å². The van der Waals surface area contributed by atoms with Crippen molar-refractivity contribution in [1.29, 1.82) is 0 Å². The first-order chi connectivity index (χ1) is 4.34. The van der Waals surface area contributed by atoms with E-state index in [-0.39, 0.29) is 0 Å². The number of hydrogen-bond acceptors (Lipinski definition) is 2. The molecule has 0 unspecified atom stereocenters. The third-order valence-corrected chi connectivity index (χ3v) is 2.40. The summed E-state index contributed by atoms with van der Waals surface area (Å²) in [6, 6.07) is 1.63. The van der Waals surface area contributed by atoms with Gasteiger partial charge in [0.25, 0.3) is 0 Å². The minimum Gasteiger partial charge on any atom is -0.309 e. The van der Waals surface area contributed by atoms with Crippen molar-refractivity contribution in [3.05, 3.63) is 0 Å². The summed E-state index contributed by atoms with van der Waals surface area (Å²) in [6.07, 6.45) is 2.80. The van der Waals surface area contributed by atoms with E-state index in [4.69, 9.17) is 0 Å². The molecule has 0 saturated carbocycles. The maximum Gasteiger partial charge on any atom is 0.0198 e. The van der Waals surface area contributed by atoms with E-state index in [0.717, 1.165) is 12.1 Å². The fourth-order valence-corrected chi connectivity index (χ4v) is 2.02. The van der Waals surface area contributed by atoms with Crippen molar-refractivity contribution in [3.8, 4) is 0 Å². The Morgan fingerprint density at radius 1 is 1.22 bits per heavy atom. The smallest absolute Gasteiger partial charge is 0.0198 e. The van der Waals surface area contributed by atoms with E-state index in [0.29, 0.717) is 0 Å². The Bertz CT molecular complexity index is 101. The van der Waals surface area contributed by atoms with Gasteiger partial charge in [-0.05, 0) is 19.9 Å². The zero-order valence-corrected chi connectivity index (χ0v) is 5.93. The summed E-state index contributed by atoms with van der Waals surface area (Å²) in [5.74, 6) is 0. The highest BCUT2D eigenvalue weighted by molar-refractivity contribution is 4.91. The normalized spacial score (nSPS) is 43.7. The summed E-state index contributed by atoms with van der Waals surface area (Å²) in [4.78, 5) is 2.43. The van der Waals surface area contributed by atoms with E-state index < -0.39 is 0 Å². The Morgan fingerprint density at radius 2 is 1.78 bits per heavy atom. The molecule has 2 atom stereocenters. The van der Waals surface area contributed by atoms with Gasteiger partial charge in [0.05, 0.1) is 0 Å². The molecule has 2 fully saturated rings. The maximum absolute atomic E-state index is 3.58. The molecule has 2 saturated heterocycles. The Hall–Kier alpha value is -0.0800. The monoisotopic (exact) mass is 126 g/mol. The molecule has 0 amide bonds. The molecule has 2 aliphatic heterocycles. The summed E-state index contributed by atoms with van der Waals surface area (Å²) in [5, 5.41) is 3.58. The van der Waals surface area contributed by atoms with Crippen LogP contribution in [0.5, 0.6) is 0 Å². The highest BCUT2D eigenvalue weighted by atomic mass is 15.2. The lowest BCUT2D eigenvalue weighted by atomic mass is 10.2. The minimum atomic E-state index is 0.814. The van der Waals surface area contributed by atoms with E-state index in [1.54, 1.807) is 0 Å². The van der Waals surface area contributed by atoms with Crippen molar-refractivity contribution in [3.63, 3.8) is 0 Å². The van der Waals surface area contributed by atoms with E-state index in [1.165, 1.54) is 25.9 Å². The molecule has 0 aliphatic carbocycles. The molecular formula is C7H14N2. The van der Waals surface area contributed by atoms with Gasteiger partial charge in [-0.1, -0.05) is 0 Å². The molecular weight excluding hydrogens is 112 g/mol. The predicted molar refractivity (Wildman–Crippen MR) is 37.4 cm³/mol. The second-order valence-corrected chi connectivity index (χ2v) is 3.36. The van der Waals surface area contributed by atoms with Crippen molar-refractivity contribution in [1.82, 2.24) is 10.2 Å². The average molecular weight is 126 g/mol. The Labute approximate surface area is 56.2 Å². The number of likely N-dealkylation sites (tertiary alicyclic amines) is 1. The van der Waals surface area contributed by atoms with E-state index >= 15 is 0 Å². The number of piperazine rings is 1. The molecule has 0 aromatic carbocycles. The van der Waals surface area contributed by atoms with Gasteiger partial charge in [0.15, 0.2) is 0 Å². The highest BCUT2D eigenvalue weighted by Crippen LogP contribution is 2.18. The summed E-state index contributed by atoms with van der Waals surface area (Å²) in [5.41, 5.74) is 0. The van der Waals surface area contributed by atoms with Crippen LogP contribution >= 0.6 is 0 Å². The van der Waals surface area contributed by atoms with Gasteiger partial charge in [0, 0.05) is 25.2 Å². The van der Waals surface area contributed by atoms with Gasteiger partial charge < -0.3 is 10.2 Å². The summed E-state index contributed by atoms with van der Waals surface area (Å²) < 4.78 is 0. The van der Waals surface area contributed by atoms with Crippen LogP contribution in [0.4, 0.5) is 0 Å². The topological polar surface area (TPSA) is 15.3 Å². The Balaban J connectivity index is 2.03. The molecule has 2 rings (SSSR count). The van der Waals surface area contributed by atoms with Crippen LogP contribution in [-0.4, -0.2) is 37.1 Å². The molecule has 2 nitrogen and oxygen atoms in total. The summed E-state index contributed by atoms with van der Waals surface area (Å²) in [7, 11) is 2.21. The van der Waals surface area contributed by atoms with Crippen LogP contribution in [0.3, 0.4) is 0 Å². The second-order valence-electron chi connectivity index (χ2n) is 3.36. The van der Waals surface area contributed by atoms with Crippen LogP contribution in [0.15, 0.2) is 0 Å². The fourth-order valence-electron chi connectivity index (χ4n) is 2.02. The highest BCUT2D eigenvalue weighted by Gasteiger charge is 2.29. The molecule has 0 radical (unpaired) electrons. The van der Waals surface area contributed by atoms with Crippen LogP contribution in [0.2, 0.25) is 0 Å². The summed E-state index contributed by atoms with van der Waals surface area (Å²) in [6.45, 7) is 2.52. The molecule has 52 valence electrons. The number of hydrogen-bond donors (Lipinski definition) is 1. The molecule has 2 heteroatoms. The van der Waals surface area contributed by atoms with Crippen molar-refractivity contribution in [2.24, 2.45) is 0 Å². The SMILES string of the molecule is CN1C[C@H]2CC[C@H](C1)N2. The number of likely N-dealkylation sites (N-methyl/N-ethyl adjacent to an activating group) is 1. The standard InChI is InChI=1S/C7H14N2/c1-9-4-6-2-3-7(5-9)8-6/h6-8H,2-5H2,1H3/t6-,7-/m1/s1. The van der Waals surface area contributed by atoms with Gasteiger partial charge in [-0.3, -0.25) is 0 Å². The van der Waals surface area contributed by atoms with E-state index in [9.17, 15) is 0 Å². The summed E-state index contributed by atoms with van der Waals surface area (Å²) >= 11 is 0. The van der Waals surface area contributed by atoms with Crippen molar-refractivity contribution >= 4 is 0 Å². The first kappa shape index (κ1) is 5.69. The van der Waals surface area contributed by atoms with Crippen LogP contribution in [0.25, 0.3) is 0 Å². The zero-order chi connectivity index (χ0) is 6.27. The maximum atomic E-state index is 3.58. The molecule has 1 N–H and O–H groups in total.